The zero-order valence-electron chi connectivity index (χ0n) is 11.3. The fourth-order valence-corrected chi connectivity index (χ4v) is 4.10. The van der Waals surface area contributed by atoms with E-state index in [2.05, 4.69) is 0 Å². The van der Waals surface area contributed by atoms with Gasteiger partial charge in [-0.2, -0.15) is 4.31 Å². The van der Waals surface area contributed by atoms with Crippen molar-refractivity contribution in [1.29, 1.82) is 0 Å². The molecule has 0 fully saturated rings. The van der Waals surface area contributed by atoms with Crippen LogP contribution in [0.3, 0.4) is 0 Å². The van der Waals surface area contributed by atoms with Crippen LogP contribution in [0.15, 0.2) is 47.4 Å². The highest BCUT2D eigenvalue weighted by atomic mass is 32.2. The summed E-state index contributed by atoms with van der Waals surface area (Å²) in [5.74, 6) is -0.726. The largest absolute Gasteiger partial charge is 0.398 e. The van der Waals surface area contributed by atoms with E-state index in [9.17, 15) is 12.8 Å². The fourth-order valence-electron chi connectivity index (χ4n) is 2.61. The van der Waals surface area contributed by atoms with Crippen molar-refractivity contribution in [3.63, 3.8) is 0 Å². The van der Waals surface area contributed by atoms with Gasteiger partial charge in [-0.05, 0) is 35.7 Å². The minimum absolute atomic E-state index is 0.219. The molecule has 1 heterocycles. The predicted molar refractivity (Wildman–Crippen MR) is 78.6 cm³/mol. The Bertz CT molecular complexity index is 790. The second-order valence-corrected chi connectivity index (χ2v) is 6.91. The van der Waals surface area contributed by atoms with Crippen molar-refractivity contribution in [3.05, 3.63) is 59.4 Å². The molecule has 2 aromatic carbocycles. The molecule has 0 radical (unpaired) electrons. The second-order valence-electron chi connectivity index (χ2n) is 5.00. The van der Waals surface area contributed by atoms with Crippen molar-refractivity contribution >= 4 is 15.7 Å². The number of anilines is 1. The Hall–Kier alpha value is -1.92. The van der Waals surface area contributed by atoms with Gasteiger partial charge in [0, 0.05) is 18.8 Å². The van der Waals surface area contributed by atoms with Crippen LogP contribution in [0.5, 0.6) is 0 Å². The molecule has 0 saturated heterocycles. The van der Waals surface area contributed by atoms with Gasteiger partial charge in [-0.25, -0.2) is 12.8 Å². The average Bonchev–Trinajstić information content (AvgIpc) is 2.47. The first-order valence-electron chi connectivity index (χ1n) is 6.61. The summed E-state index contributed by atoms with van der Waals surface area (Å²) >= 11 is 0. The van der Waals surface area contributed by atoms with Crippen LogP contribution in [0, 0.1) is 5.82 Å². The minimum Gasteiger partial charge on any atom is -0.398 e. The van der Waals surface area contributed by atoms with E-state index in [-0.39, 0.29) is 11.4 Å². The van der Waals surface area contributed by atoms with Crippen molar-refractivity contribution < 1.29 is 12.8 Å². The zero-order chi connectivity index (χ0) is 15.0. The topological polar surface area (TPSA) is 63.4 Å². The zero-order valence-corrected chi connectivity index (χ0v) is 12.1. The minimum atomic E-state index is -3.83. The Morgan fingerprint density at radius 2 is 1.86 bits per heavy atom. The maximum absolute atomic E-state index is 13.8. The molecule has 1 aliphatic rings. The number of nitrogens with two attached hydrogens (primary N) is 1. The summed E-state index contributed by atoms with van der Waals surface area (Å²) in [5.41, 5.74) is 8.44. The molecule has 2 aromatic rings. The first-order chi connectivity index (χ1) is 10.00. The Morgan fingerprint density at radius 1 is 1.10 bits per heavy atom. The van der Waals surface area contributed by atoms with E-state index < -0.39 is 15.8 Å². The van der Waals surface area contributed by atoms with Crippen LogP contribution >= 0.6 is 0 Å². The highest BCUT2D eigenvalue weighted by molar-refractivity contribution is 7.89. The summed E-state index contributed by atoms with van der Waals surface area (Å²) in [7, 11) is -3.83. The lowest BCUT2D eigenvalue weighted by Crippen LogP contribution is -2.36. The number of nitrogen functional groups attached to an aromatic ring is 1. The molecular weight excluding hydrogens is 291 g/mol. The number of nitrogens with zero attached hydrogens (tertiary/aromatic N) is 1. The fraction of sp³-hybridized carbons (Fsp3) is 0.200. The summed E-state index contributed by atoms with van der Waals surface area (Å²) in [6.45, 7) is 0.523. The first-order valence-corrected chi connectivity index (χ1v) is 8.05. The quantitative estimate of drug-likeness (QED) is 0.865. The SMILES string of the molecule is Nc1cccc2c1CCN(S(=O)(=O)c1ccccc1F)C2. The number of benzene rings is 2. The number of hydrogen-bond acceptors (Lipinski definition) is 3. The number of halogens is 1. The van der Waals surface area contributed by atoms with E-state index in [1.54, 1.807) is 12.1 Å². The normalized spacial score (nSPS) is 15.7. The lowest BCUT2D eigenvalue weighted by atomic mass is 9.99. The van der Waals surface area contributed by atoms with Crippen LogP contribution in [0.25, 0.3) is 0 Å². The predicted octanol–water partition coefficient (Wildman–Crippen LogP) is 2.15. The number of rotatable bonds is 2. The Balaban J connectivity index is 1.98. The third-order valence-corrected chi connectivity index (χ3v) is 5.60. The third kappa shape index (κ3) is 2.41. The molecule has 0 amide bonds. The van der Waals surface area contributed by atoms with Gasteiger partial charge in [-0.3, -0.25) is 0 Å². The van der Waals surface area contributed by atoms with Crippen molar-refractivity contribution in [2.45, 2.75) is 17.9 Å². The molecular formula is C15H15FN2O2S. The van der Waals surface area contributed by atoms with Crippen LogP contribution in [0.1, 0.15) is 11.1 Å². The molecule has 3 rings (SSSR count). The van der Waals surface area contributed by atoms with E-state index in [1.165, 1.54) is 22.5 Å². The summed E-state index contributed by atoms with van der Waals surface area (Å²) in [6, 6.07) is 10.9. The van der Waals surface area contributed by atoms with Gasteiger partial charge in [0.1, 0.15) is 10.7 Å². The van der Waals surface area contributed by atoms with Crippen LogP contribution in [0.4, 0.5) is 10.1 Å². The molecule has 0 spiro atoms. The maximum Gasteiger partial charge on any atom is 0.246 e. The van der Waals surface area contributed by atoms with Gasteiger partial charge in [0.05, 0.1) is 0 Å². The molecule has 0 unspecified atom stereocenters. The summed E-state index contributed by atoms with van der Waals surface area (Å²) in [5, 5.41) is 0. The smallest absolute Gasteiger partial charge is 0.246 e. The highest BCUT2D eigenvalue weighted by Crippen LogP contribution is 2.28. The molecule has 21 heavy (non-hydrogen) atoms. The Kier molecular flexibility index (Phi) is 3.43. The van der Waals surface area contributed by atoms with Crippen molar-refractivity contribution in [3.8, 4) is 0 Å². The molecule has 110 valence electrons. The molecule has 0 bridgehead atoms. The monoisotopic (exact) mass is 306 g/mol. The molecule has 2 N–H and O–H groups in total. The van der Waals surface area contributed by atoms with Gasteiger partial charge >= 0.3 is 0 Å². The van der Waals surface area contributed by atoms with Gasteiger partial charge in [0.15, 0.2) is 0 Å². The van der Waals surface area contributed by atoms with Gasteiger partial charge in [0.2, 0.25) is 10.0 Å². The van der Waals surface area contributed by atoms with E-state index in [1.807, 2.05) is 6.07 Å². The van der Waals surface area contributed by atoms with Gasteiger partial charge in [-0.1, -0.05) is 24.3 Å². The van der Waals surface area contributed by atoms with Gasteiger partial charge in [-0.15, -0.1) is 0 Å². The second kappa shape index (κ2) is 5.13. The molecule has 1 aliphatic heterocycles. The van der Waals surface area contributed by atoms with Crippen molar-refractivity contribution in [1.82, 2.24) is 4.31 Å². The molecule has 0 aliphatic carbocycles. The Labute approximate surface area is 123 Å². The standard InChI is InChI=1S/C15H15FN2O2S/c16-13-5-1-2-7-15(13)21(19,20)18-9-8-12-11(10-18)4-3-6-14(12)17/h1-7H,8-10,17H2. The van der Waals surface area contributed by atoms with E-state index in [0.29, 0.717) is 18.7 Å². The molecule has 6 heteroatoms. The molecule has 0 saturated carbocycles. The summed E-state index contributed by atoms with van der Waals surface area (Å²) in [6.07, 6.45) is 0.537. The van der Waals surface area contributed by atoms with Gasteiger partial charge < -0.3 is 5.73 Å². The summed E-state index contributed by atoms with van der Waals surface area (Å²) in [4.78, 5) is -0.280. The number of hydrogen-bond donors (Lipinski definition) is 1. The Morgan fingerprint density at radius 3 is 2.62 bits per heavy atom. The number of sulfonamides is 1. The number of fused-ring (bicyclic) bond motifs is 1. The average molecular weight is 306 g/mol. The van der Waals surface area contributed by atoms with Crippen molar-refractivity contribution in [2.75, 3.05) is 12.3 Å². The molecule has 0 atom stereocenters. The van der Waals surface area contributed by atoms with E-state index in [4.69, 9.17) is 5.73 Å². The first kappa shape index (κ1) is 14.0. The van der Waals surface area contributed by atoms with Crippen LogP contribution in [-0.2, 0) is 23.0 Å². The maximum atomic E-state index is 13.8. The van der Waals surface area contributed by atoms with Crippen molar-refractivity contribution in [2.24, 2.45) is 0 Å². The van der Waals surface area contributed by atoms with Crippen LogP contribution in [-0.4, -0.2) is 19.3 Å². The van der Waals surface area contributed by atoms with Gasteiger partial charge in [0.25, 0.3) is 0 Å². The lowest BCUT2D eigenvalue weighted by Gasteiger charge is -2.28. The molecule has 0 aromatic heterocycles. The molecule has 4 nitrogen and oxygen atoms in total. The van der Waals surface area contributed by atoms with Crippen LogP contribution in [0.2, 0.25) is 0 Å². The highest BCUT2D eigenvalue weighted by Gasteiger charge is 2.30. The lowest BCUT2D eigenvalue weighted by molar-refractivity contribution is 0.389. The van der Waals surface area contributed by atoms with Crippen LogP contribution < -0.4 is 5.73 Å². The summed E-state index contributed by atoms with van der Waals surface area (Å²) < 4.78 is 40.2. The van der Waals surface area contributed by atoms with E-state index >= 15 is 0 Å². The third-order valence-electron chi connectivity index (χ3n) is 3.72. The van der Waals surface area contributed by atoms with E-state index in [0.717, 1.165) is 17.2 Å².